The van der Waals surface area contributed by atoms with Gasteiger partial charge in [-0.3, -0.25) is 14.3 Å². The van der Waals surface area contributed by atoms with Crippen LogP contribution in [0.5, 0.6) is 0 Å². The first kappa shape index (κ1) is 20.6. The van der Waals surface area contributed by atoms with Crippen LogP contribution in [0.25, 0.3) is 0 Å². The molecule has 0 bridgehead atoms. The molecule has 0 spiro atoms. The molecule has 0 fully saturated rings. The number of halogens is 1. The van der Waals surface area contributed by atoms with Crippen molar-refractivity contribution >= 4 is 29.3 Å². The van der Waals surface area contributed by atoms with Gasteiger partial charge in [0.05, 0.1) is 24.9 Å². The molecule has 1 N–H and O–H groups in total. The third-order valence-corrected chi connectivity index (χ3v) is 4.97. The van der Waals surface area contributed by atoms with Gasteiger partial charge >= 0.3 is 5.97 Å². The molecule has 0 saturated carbocycles. The van der Waals surface area contributed by atoms with Crippen molar-refractivity contribution in [2.45, 2.75) is 26.8 Å². The molecule has 0 saturated heterocycles. The summed E-state index contributed by atoms with van der Waals surface area (Å²) in [5.74, 6) is -0.437. The molecular formula is C20H22ClN5O3. The highest BCUT2D eigenvalue weighted by molar-refractivity contribution is 6.31. The highest BCUT2D eigenvalue weighted by atomic mass is 35.5. The van der Waals surface area contributed by atoms with Crippen LogP contribution in [-0.2, 0) is 34.3 Å². The Hall–Kier alpha value is -3.13. The van der Waals surface area contributed by atoms with Crippen LogP contribution in [0.2, 0.25) is 5.02 Å². The predicted octanol–water partition coefficient (Wildman–Crippen LogP) is 2.66. The first-order valence-electron chi connectivity index (χ1n) is 9.05. The van der Waals surface area contributed by atoms with Crippen molar-refractivity contribution in [2.75, 3.05) is 11.9 Å². The molecule has 152 valence electrons. The van der Waals surface area contributed by atoms with E-state index in [9.17, 15) is 9.59 Å². The van der Waals surface area contributed by atoms with Gasteiger partial charge in [-0.15, -0.1) is 0 Å². The molecule has 3 rings (SSSR count). The van der Waals surface area contributed by atoms with E-state index in [1.54, 1.807) is 27.7 Å². The minimum atomic E-state index is -0.482. The zero-order valence-electron chi connectivity index (χ0n) is 16.5. The highest BCUT2D eigenvalue weighted by Crippen LogP contribution is 2.18. The molecule has 3 aromatic rings. The van der Waals surface area contributed by atoms with E-state index in [4.69, 9.17) is 16.3 Å². The van der Waals surface area contributed by atoms with Crippen molar-refractivity contribution in [3.63, 3.8) is 0 Å². The molecule has 0 unspecified atom stereocenters. The summed E-state index contributed by atoms with van der Waals surface area (Å²) in [5.41, 5.74) is 3.36. The van der Waals surface area contributed by atoms with Crippen LogP contribution in [0.4, 0.5) is 5.82 Å². The average molecular weight is 416 g/mol. The molecule has 0 radical (unpaired) electrons. The Kier molecular flexibility index (Phi) is 6.33. The molecule has 0 aliphatic rings. The van der Waals surface area contributed by atoms with E-state index in [2.05, 4.69) is 15.5 Å². The van der Waals surface area contributed by atoms with E-state index < -0.39 is 11.9 Å². The van der Waals surface area contributed by atoms with Crippen molar-refractivity contribution in [2.24, 2.45) is 7.05 Å². The average Bonchev–Trinajstić information content (AvgIpc) is 3.21. The normalized spacial score (nSPS) is 10.8. The van der Waals surface area contributed by atoms with Gasteiger partial charge in [0.1, 0.15) is 5.82 Å². The summed E-state index contributed by atoms with van der Waals surface area (Å²) in [5, 5.41) is 11.8. The second-order valence-corrected chi connectivity index (χ2v) is 7.03. The van der Waals surface area contributed by atoms with E-state index in [-0.39, 0.29) is 13.0 Å². The van der Waals surface area contributed by atoms with Gasteiger partial charge in [0, 0.05) is 29.4 Å². The Labute approximate surface area is 173 Å². The Morgan fingerprint density at radius 3 is 2.66 bits per heavy atom. The molecule has 1 amide bonds. The number of amides is 1. The predicted molar refractivity (Wildman–Crippen MR) is 109 cm³/mol. The second-order valence-electron chi connectivity index (χ2n) is 6.62. The van der Waals surface area contributed by atoms with Crippen molar-refractivity contribution in [1.29, 1.82) is 0 Å². The third-order valence-electron chi connectivity index (χ3n) is 4.61. The SMILES string of the molecule is Cc1nn(C)c(C)c1CC(=O)OCC(=O)Nc1ccnn1Cc1ccccc1Cl. The largest absolute Gasteiger partial charge is 0.455 e. The van der Waals surface area contributed by atoms with Gasteiger partial charge in [0.2, 0.25) is 0 Å². The molecule has 2 aromatic heterocycles. The number of carbonyl (C=O) groups excluding carboxylic acids is 2. The first-order valence-corrected chi connectivity index (χ1v) is 9.42. The number of nitrogens with zero attached hydrogens (tertiary/aromatic N) is 4. The van der Waals surface area contributed by atoms with Gasteiger partial charge in [-0.1, -0.05) is 29.8 Å². The fourth-order valence-corrected chi connectivity index (χ4v) is 3.14. The third kappa shape index (κ3) is 5.03. The maximum absolute atomic E-state index is 12.2. The standard InChI is InChI=1S/C20H22ClN5O3/c1-13-16(14(2)25(3)24-13)10-20(28)29-12-19(27)23-18-8-9-22-26(18)11-15-6-4-5-7-17(15)21/h4-9H,10-12H2,1-3H3,(H,23,27). The van der Waals surface area contributed by atoms with Crippen LogP contribution >= 0.6 is 11.6 Å². The van der Waals surface area contributed by atoms with Gasteiger partial charge in [-0.25, -0.2) is 4.68 Å². The molecule has 2 heterocycles. The topological polar surface area (TPSA) is 91.0 Å². The summed E-state index contributed by atoms with van der Waals surface area (Å²) in [6, 6.07) is 9.08. The van der Waals surface area contributed by atoms with Gasteiger partial charge in [0.15, 0.2) is 6.61 Å². The summed E-state index contributed by atoms with van der Waals surface area (Å²) in [4.78, 5) is 24.3. The van der Waals surface area contributed by atoms with Crippen molar-refractivity contribution in [1.82, 2.24) is 19.6 Å². The van der Waals surface area contributed by atoms with Gasteiger partial charge in [0.25, 0.3) is 5.91 Å². The lowest BCUT2D eigenvalue weighted by Gasteiger charge is -2.10. The lowest BCUT2D eigenvalue weighted by Crippen LogP contribution is -2.23. The Balaban J connectivity index is 1.54. The van der Waals surface area contributed by atoms with Gasteiger partial charge < -0.3 is 10.1 Å². The first-order chi connectivity index (χ1) is 13.8. The number of anilines is 1. The number of rotatable bonds is 7. The monoisotopic (exact) mass is 415 g/mol. The van der Waals surface area contributed by atoms with Crippen molar-refractivity contribution in [3.05, 3.63) is 64.1 Å². The number of aromatic nitrogens is 4. The van der Waals surface area contributed by atoms with Crippen molar-refractivity contribution < 1.29 is 14.3 Å². The van der Waals surface area contributed by atoms with E-state index in [0.717, 1.165) is 22.5 Å². The van der Waals surface area contributed by atoms with Crippen LogP contribution in [0.15, 0.2) is 36.5 Å². The van der Waals surface area contributed by atoms with Crippen LogP contribution in [0.3, 0.4) is 0 Å². The Bertz CT molecular complexity index is 1040. The number of nitrogens with one attached hydrogen (secondary N) is 1. The number of carbonyl (C=O) groups is 2. The molecular weight excluding hydrogens is 394 g/mol. The van der Waals surface area contributed by atoms with Crippen LogP contribution in [0, 0.1) is 13.8 Å². The second kappa shape index (κ2) is 8.91. The Morgan fingerprint density at radius 1 is 1.21 bits per heavy atom. The van der Waals surface area contributed by atoms with E-state index in [1.807, 2.05) is 39.1 Å². The Morgan fingerprint density at radius 2 is 1.97 bits per heavy atom. The van der Waals surface area contributed by atoms with E-state index in [0.29, 0.717) is 17.4 Å². The van der Waals surface area contributed by atoms with Gasteiger partial charge in [-0.05, 0) is 25.5 Å². The number of hydrogen-bond acceptors (Lipinski definition) is 5. The molecule has 29 heavy (non-hydrogen) atoms. The number of benzene rings is 1. The maximum Gasteiger partial charge on any atom is 0.310 e. The zero-order valence-corrected chi connectivity index (χ0v) is 17.2. The fraction of sp³-hybridized carbons (Fsp3) is 0.300. The summed E-state index contributed by atoms with van der Waals surface area (Å²) < 4.78 is 8.44. The molecule has 0 aliphatic heterocycles. The smallest absolute Gasteiger partial charge is 0.310 e. The van der Waals surface area contributed by atoms with Crippen LogP contribution in [0.1, 0.15) is 22.5 Å². The van der Waals surface area contributed by atoms with E-state index >= 15 is 0 Å². The summed E-state index contributed by atoms with van der Waals surface area (Å²) in [7, 11) is 1.82. The lowest BCUT2D eigenvalue weighted by molar-refractivity contribution is -0.146. The molecule has 0 atom stereocenters. The number of hydrogen-bond donors (Lipinski definition) is 1. The summed E-state index contributed by atoms with van der Waals surface area (Å²) >= 11 is 6.18. The van der Waals surface area contributed by atoms with Gasteiger partial charge in [-0.2, -0.15) is 10.2 Å². The molecule has 1 aromatic carbocycles. The summed E-state index contributed by atoms with van der Waals surface area (Å²) in [6.07, 6.45) is 1.65. The van der Waals surface area contributed by atoms with Crippen LogP contribution in [-0.4, -0.2) is 38.0 Å². The fourth-order valence-electron chi connectivity index (χ4n) is 2.95. The molecule has 9 heteroatoms. The zero-order chi connectivity index (χ0) is 21.0. The highest BCUT2D eigenvalue weighted by Gasteiger charge is 2.16. The molecule has 8 nitrogen and oxygen atoms in total. The minimum absolute atomic E-state index is 0.0726. The number of ether oxygens (including phenoxy) is 1. The molecule has 0 aliphatic carbocycles. The lowest BCUT2D eigenvalue weighted by atomic mass is 10.1. The van der Waals surface area contributed by atoms with Crippen molar-refractivity contribution in [3.8, 4) is 0 Å². The number of aryl methyl sites for hydroxylation is 2. The number of esters is 1. The summed E-state index contributed by atoms with van der Waals surface area (Å²) in [6.45, 7) is 3.74. The van der Waals surface area contributed by atoms with E-state index in [1.165, 1.54) is 0 Å². The maximum atomic E-state index is 12.2. The minimum Gasteiger partial charge on any atom is -0.455 e. The quantitative estimate of drug-likeness (QED) is 0.599. The van der Waals surface area contributed by atoms with Crippen LogP contribution < -0.4 is 5.32 Å².